The molecule has 3 saturated heterocycles. The Bertz CT molecular complexity index is 820. The van der Waals surface area contributed by atoms with E-state index in [2.05, 4.69) is 27.0 Å². The highest BCUT2D eigenvalue weighted by molar-refractivity contribution is 8.02. The van der Waals surface area contributed by atoms with Gasteiger partial charge in [0.1, 0.15) is 6.04 Å². The van der Waals surface area contributed by atoms with Crippen molar-refractivity contribution in [3.05, 3.63) is 25.3 Å². The summed E-state index contributed by atoms with van der Waals surface area (Å²) in [6, 6.07) is -0.548. The number of unbranched alkanes of at least 4 members (excludes halogenated alkanes) is 3. The van der Waals surface area contributed by atoms with Crippen LogP contribution in [0.3, 0.4) is 0 Å². The molecule has 1 N–H and O–H groups in total. The highest BCUT2D eigenvalue weighted by Gasteiger charge is 2.74. The summed E-state index contributed by atoms with van der Waals surface area (Å²) in [5, 5.41) is 9.21. The molecular formula is C28H44N2O5S. The predicted octanol–water partition coefficient (Wildman–Crippen LogP) is 3.95. The van der Waals surface area contributed by atoms with Gasteiger partial charge in [-0.25, -0.2) is 0 Å². The molecule has 3 heterocycles. The summed E-state index contributed by atoms with van der Waals surface area (Å²) in [6.07, 6.45) is 10.6. The normalized spacial score (nSPS) is 29.2. The fraction of sp³-hybridized carbons (Fsp3) is 0.750. The molecule has 3 unspecified atom stereocenters. The molecule has 6 atom stereocenters. The number of aliphatic hydroxyl groups excluding tert-OH is 1. The van der Waals surface area contributed by atoms with E-state index >= 15 is 0 Å². The molecule has 0 aliphatic carbocycles. The van der Waals surface area contributed by atoms with E-state index < -0.39 is 22.6 Å². The van der Waals surface area contributed by atoms with Crippen molar-refractivity contribution in [3.63, 3.8) is 0 Å². The van der Waals surface area contributed by atoms with E-state index in [0.29, 0.717) is 32.5 Å². The first kappa shape index (κ1) is 28.8. The molecule has 36 heavy (non-hydrogen) atoms. The van der Waals surface area contributed by atoms with Crippen molar-refractivity contribution in [1.29, 1.82) is 0 Å². The Hall–Kier alpha value is -1.80. The van der Waals surface area contributed by atoms with E-state index in [-0.39, 0.29) is 35.7 Å². The summed E-state index contributed by atoms with van der Waals surface area (Å²) in [7, 11) is 0. The fourth-order valence-electron chi connectivity index (χ4n) is 6.37. The topological polar surface area (TPSA) is 87.2 Å². The molecule has 0 saturated carbocycles. The van der Waals surface area contributed by atoms with Gasteiger partial charge in [-0.05, 0) is 58.3 Å². The van der Waals surface area contributed by atoms with Gasteiger partial charge in [-0.2, -0.15) is 0 Å². The molecule has 0 radical (unpaired) electrons. The number of esters is 1. The highest BCUT2D eigenvalue weighted by atomic mass is 32.2. The first-order valence-corrected chi connectivity index (χ1v) is 14.5. The smallest absolute Gasteiger partial charge is 0.310 e. The van der Waals surface area contributed by atoms with Gasteiger partial charge in [0.25, 0.3) is 0 Å². The van der Waals surface area contributed by atoms with Gasteiger partial charge in [0.05, 0.1) is 23.2 Å². The first-order chi connectivity index (χ1) is 17.4. The Morgan fingerprint density at radius 1 is 1.28 bits per heavy atom. The SMILES string of the molecule is C=CCCCOC(=O)[C@@H]1[C@@H]2CCC3(S2)C(C(=O)N(CC=C)C(C)CCC)N(CCCCCO)C(=O)[C@H]13. The van der Waals surface area contributed by atoms with Crippen LogP contribution in [0.4, 0.5) is 0 Å². The molecule has 3 aliphatic heterocycles. The summed E-state index contributed by atoms with van der Waals surface area (Å²) in [5.41, 5.74) is 0. The largest absolute Gasteiger partial charge is 0.465 e. The van der Waals surface area contributed by atoms with Crippen LogP contribution in [0.2, 0.25) is 0 Å². The summed E-state index contributed by atoms with van der Waals surface area (Å²) in [4.78, 5) is 45.1. The third-order valence-electron chi connectivity index (χ3n) is 8.01. The standard InChI is InChI=1S/C28H44N2O5S/c1-5-8-12-19-35-27(34)22-21-14-15-28(36-21)23(22)25(32)30(17-10-9-11-18-31)24(28)26(33)29(16-7-3)20(4)13-6-2/h5,7,20-24,31H,1,3,6,8-19H2,2,4H3/t20?,21-,22+,23-,24?,28?/m0/s1. The molecule has 8 heteroatoms. The third-order valence-corrected chi connectivity index (χ3v) is 9.96. The molecule has 3 rings (SSSR count). The lowest BCUT2D eigenvalue weighted by molar-refractivity contribution is -0.154. The van der Waals surface area contributed by atoms with Gasteiger partial charge >= 0.3 is 5.97 Å². The van der Waals surface area contributed by atoms with E-state index in [1.807, 2.05) is 4.90 Å². The van der Waals surface area contributed by atoms with Crippen LogP contribution >= 0.6 is 11.8 Å². The summed E-state index contributed by atoms with van der Waals surface area (Å²) in [6.45, 7) is 13.1. The van der Waals surface area contributed by atoms with Crippen molar-refractivity contribution in [2.24, 2.45) is 11.8 Å². The second-order valence-corrected chi connectivity index (χ2v) is 12.0. The molecule has 0 aromatic carbocycles. The maximum absolute atomic E-state index is 14.2. The maximum atomic E-state index is 14.2. The molecule has 2 bridgehead atoms. The Balaban J connectivity index is 1.91. The zero-order chi connectivity index (χ0) is 26.3. The minimum absolute atomic E-state index is 0.0126. The van der Waals surface area contributed by atoms with E-state index in [0.717, 1.165) is 44.9 Å². The molecule has 7 nitrogen and oxygen atoms in total. The number of nitrogens with zero attached hydrogens (tertiary/aromatic N) is 2. The molecule has 3 aliphatic rings. The van der Waals surface area contributed by atoms with Crippen LogP contribution in [0.25, 0.3) is 0 Å². The third kappa shape index (κ3) is 5.54. The average molecular weight is 521 g/mol. The van der Waals surface area contributed by atoms with Crippen LogP contribution in [0.1, 0.15) is 71.6 Å². The number of rotatable bonds is 16. The van der Waals surface area contributed by atoms with Crippen molar-refractivity contribution in [3.8, 4) is 0 Å². The highest BCUT2D eigenvalue weighted by Crippen LogP contribution is 2.66. The summed E-state index contributed by atoms with van der Waals surface area (Å²) in [5.74, 6) is -1.43. The number of likely N-dealkylation sites (tertiary alicyclic amines) is 1. The second-order valence-electron chi connectivity index (χ2n) is 10.4. The lowest BCUT2D eigenvalue weighted by atomic mass is 9.71. The number of fused-ring (bicyclic) bond motifs is 1. The predicted molar refractivity (Wildman–Crippen MR) is 143 cm³/mol. The Morgan fingerprint density at radius 3 is 2.72 bits per heavy atom. The van der Waals surface area contributed by atoms with E-state index in [1.165, 1.54) is 0 Å². The quantitative estimate of drug-likeness (QED) is 0.188. The number of allylic oxidation sites excluding steroid dienone is 1. The van der Waals surface area contributed by atoms with Crippen LogP contribution < -0.4 is 0 Å². The van der Waals surface area contributed by atoms with Gasteiger partial charge in [-0.15, -0.1) is 24.9 Å². The number of amides is 2. The van der Waals surface area contributed by atoms with Crippen molar-refractivity contribution in [2.75, 3.05) is 26.3 Å². The Morgan fingerprint density at radius 2 is 2.06 bits per heavy atom. The van der Waals surface area contributed by atoms with Crippen LogP contribution in [0, 0.1) is 11.8 Å². The monoisotopic (exact) mass is 520 g/mol. The average Bonchev–Trinajstić information content (AvgIpc) is 3.50. The van der Waals surface area contributed by atoms with Gasteiger partial charge < -0.3 is 19.6 Å². The summed E-state index contributed by atoms with van der Waals surface area (Å²) < 4.78 is 5.04. The van der Waals surface area contributed by atoms with Crippen molar-refractivity contribution >= 4 is 29.5 Å². The first-order valence-electron chi connectivity index (χ1n) is 13.7. The molecule has 202 valence electrons. The molecule has 3 fully saturated rings. The Kier molecular flexibility index (Phi) is 10.5. The van der Waals surface area contributed by atoms with Crippen LogP contribution in [0.15, 0.2) is 25.3 Å². The zero-order valence-corrected chi connectivity index (χ0v) is 22.8. The molecular weight excluding hydrogens is 476 g/mol. The van der Waals surface area contributed by atoms with Crippen LogP contribution in [-0.2, 0) is 19.1 Å². The minimum Gasteiger partial charge on any atom is -0.465 e. The van der Waals surface area contributed by atoms with Gasteiger partial charge in [0.15, 0.2) is 0 Å². The number of carbonyl (C=O) groups is 3. The molecule has 2 amide bonds. The van der Waals surface area contributed by atoms with Crippen molar-refractivity contribution < 1.29 is 24.2 Å². The lowest BCUT2D eigenvalue weighted by Crippen LogP contribution is -2.56. The van der Waals surface area contributed by atoms with Gasteiger partial charge in [-0.1, -0.05) is 25.5 Å². The van der Waals surface area contributed by atoms with Crippen molar-refractivity contribution in [1.82, 2.24) is 9.80 Å². The maximum Gasteiger partial charge on any atom is 0.310 e. The summed E-state index contributed by atoms with van der Waals surface area (Å²) >= 11 is 1.69. The van der Waals surface area contributed by atoms with E-state index in [4.69, 9.17) is 4.74 Å². The van der Waals surface area contributed by atoms with Crippen LogP contribution in [-0.4, -0.2) is 81.1 Å². The van der Waals surface area contributed by atoms with Crippen molar-refractivity contribution in [2.45, 2.75) is 93.7 Å². The lowest BCUT2D eigenvalue weighted by Gasteiger charge is -2.39. The van der Waals surface area contributed by atoms with Gasteiger partial charge in [-0.3, -0.25) is 14.4 Å². The minimum atomic E-state index is -0.591. The second kappa shape index (κ2) is 13.1. The molecule has 0 aromatic rings. The van der Waals surface area contributed by atoms with Crippen LogP contribution in [0.5, 0.6) is 0 Å². The van der Waals surface area contributed by atoms with E-state index in [1.54, 1.807) is 28.8 Å². The number of ether oxygens (including phenoxy) is 1. The molecule has 1 spiro atoms. The number of hydrogen-bond acceptors (Lipinski definition) is 6. The number of carbonyl (C=O) groups excluding carboxylic acids is 3. The Labute approximate surface area is 220 Å². The van der Waals surface area contributed by atoms with E-state index in [9.17, 15) is 19.5 Å². The zero-order valence-electron chi connectivity index (χ0n) is 22.0. The van der Waals surface area contributed by atoms with Gasteiger partial charge in [0.2, 0.25) is 11.8 Å². The number of hydrogen-bond donors (Lipinski definition) is 1. The fourth-order valence-corrected chi connectivity index (χ4v) is 8.57. The number of aliphatic hydroxyl groups is 1. The van der Waals surface area contributed by atoms with Gasteiger partial charge in [0, 0.05) is 31.0 Å². The number of thioether (sulfide) groups is 1. The molecule has 0 aromatic heterocycles.